The average molecular weight is 372 g/mol. The second kappa shape index (κ2) is 7.61. The van der Waals surface area contributed by atoms with Crippen LogP contribution in [0.25, 0.3) is 22.1 Å². The van der Waals surface area contributed by atoms with Gasteiger partial charge in [-0.1, -0.05) is 48.5 Å². The zero-order valence-corrected chi connectivity index (χ0v) is 15.8. The van der Waals surface area contributed by atoms with Gasteiger partial charge < -0.3 is 13.9 Å². The zero-order chi connectivity index (χ0) is 19.5. The standard InChI is InChI=1S/C24H20O4/c1-16-20-14-19(27-15-18-10-6-7-11-21(18)26-2)12-13-22(20)28-24(25)23(16)17-8-4-3-5-9-17/h3-14H,15H2,1-2H3. The third-order valence-electron chi connectivity index (χ3n) is 4.79. The van der Waals surface area contributed by atoms with E-state index >= 15 is 0 Å². The first-order valence-corrected chi connectivity index (χ1v) is 9.05. The van der Waals surface area contributed by atoms with Gasteiger partial charge in [-0.05, 0) is 42.3 Å². The lowest BCUT2D eigenvalue weighted by atomic mass is 9.99. The van der Waals surface area contributed by atoms with Crippen LogP contribution in [0.1, 0.15) is 11.1 Å². The quantitative estimate of drug-likeness (QED) is 0.443. The molecule has 1 aromatic heterocycles. The fourth-order valence-corrected chi connectivity index (χ4v) is 3.34. The van der Waals surface area contributed by atoms with Crippen molar-refractivity contribution in [1.82, 2.24) is 0 Å². The van der Waals surface area contributed by atoms with Gasteiger partial charge in [0.25, 0.3) is 0 Å². The number of ether oxygens (including phenoxy) is 2. The van der Waals surface area contributed by atoms with Gasteiger partial charge in [0.15, 0.2) is 0 Å². The predicted molar refractivity (Wildman–Crippen MR) is 110 cm³/mol. The lowest BCUT2D eigenvalue weighted by Crippen LogP contribution is -2.06. The molecule has 0 spiro atoms. The highest BCUT2D eigenvalue weighted by molar-refractivity contribution is 5.87. The molecule has 4 rings (SSSR count). The number of fused-ring (bicyclic) bond motifs is 1. The van der Waals surface area contributed by atoms with Gasteiger partial charge in [0.1, 0.15) is 23.7 Å². The van der Waals surface area contributed by atoms with Crippen LogP contribution >= 0.6 is 0 Å². The third kappa shape index (κ3) is 3.37. The summed E-state index contributed by atoms with van der Waals surface area (Å²) >= 11 is 0. The van der Waals surface area contributed by atoms with Gasteiger partial charge in [-0.3, -0.25) is 0 Å². The van der Waals surface area contributed by atoms with Crippen LogP contribution in [0, 0.1) is 6.92 Å². The fraction of sp³-hybridized carbons (Fsp3) is 0.125. The smallest absolute Gasteiger partial charge is 0.344 e. The van der Waals surface area contributed by atoms with E-state index in [-0.39, 0.29) is 5.63 Å². The average Bonchev–Trinajstić information content (AvgIpc) is 2.73. The molecule has 0 aliphatic heterocycles. The van der Waals surface area contributed by atoms with E-state index in [0.29, 0.717) is 23.5 Å². The van der Waals surface area contributed by atoms with Gasteiger partial charge >= 0.3 is 5.63 Å². The van der Waals surface area contributed by atoms with Crippen LogP contribution in [-0.2, 0) is 6.61 Å². The SMILES string of the molecule is COc1ccccc1COc1ccc2oc(=O)c(-c3ccccc3)c(C)c2c1. The highest BCUT2D eigenvalue weighted by Crippen LogP contribution is 2.30. The van der Waals surface area contributed by atoms with Gasteiger partial charge in [0, 0.05) is 10.9 Å². The molecule has 0 bridgehead atoms. The minimum absolute atomic E-state index is 0.334. The fourth-order valence-electron chi connectivity index (χ4n) is 3.34. The van der Waals surface area contributed by atoms with Crippen molar-refractivity contribution in [3.63, 3.8) is 0 Å². The van der Waals surface area contributed by atoms with Crippen LogP contribution in [0.4, 0.5) is 0 Å². The Bertz CT molecular complexity index is 1180. The van der Waals surface area contributed by atoms with Crippen LogP contribution in [0.15, 0.2) is 82.0 Å². The third-order valence-corrected chi connectivity index (χ3v) is 4.79. The highest BCUT2D eigenvalue weighted by Gasteiger charge is 2.14. The molecule has 4 heteroatoms. The largest absolute Gasteiger partial charge is 0.496 e. The first kappa shape index (κ1) is 17.9. The molecular weight excluding hydrogens is 352 g/mol. The minimum atomic E-state index is -0.334. The Labute approximate surface area is 163 Å². The molecule has 0 unspecified atom stereocenters. The molecule has 0 atom stereocenters. The van der Waals surface area contributed by atoms with E-state index in [4.69, 9.17) is 13.9 Å². The number of para-hydroxylation sites is 1. The second-order valence-electron chi connectivity index (χ2n) is 6.51. The summed E-state index contributed by atoms with van der Waals surface area (Å²) in [6.07, 6.45) is 0. The van der Waals surface area contributed by atoms with Gasteiger partial charge in [-0.25, -0.2) is 4.79 Å². The number of hydrogen-bond acceptors (Lipinski definition) is 4. The van der Waals surface area contributed by atoms with Crippen molar-refractivity contribution in [3.8, 4) is 22.6 Å². The van der Waals surface area contributed by atoms with Crippen molar-refractivity contribution < 1.29 is 13.9 Å². The Morgan fingerprint density at radius 1 is 0.929 bits per heavy atom. The zero-order valence-electron chi connectivity index (χ0n) is 15.8. The van der Waals surface area contributed by atoms with Gasteiger partial charge in [-0.15, -0.1) is 0 Å². The van der Waals surface area contributed by atoms with Gasteiger partial charge in [-0.2, -0.15) is 0 Å². The van der Waals surface area contributed by atoms with Gasteiger partial charge in [0.05, 0.1) is 12.7 Å². The summed E-state index contributed by atoms with van der Waals surface area (Å²) in [5.41, 5.74) is 3.48. The molecule has 0 saturated heterocycles. The first-order valence-electron chi connectivity index (χ1n) is 9.05. The molecular formula is C24H20O4. The second-order valence-corrected chi connectivity index (χ2v) is 6.51. The minimum Gasteiger partial charge on any atom is -0.496 e. The molecule has 28 heavy (non-hydrogen) atoms. The lowest BCUT2D eigenvalue weighted by molar-refractivity contribution is 0.297. The molecule has 3 aromatic carbocycles. The lowest BCUT2D eigenvalue weighted by Gasteiger charge is -2.12. The number of hydrogen-bond donors (Lipinski definition) is 0. The molecule has 4 nitrogen and oxygen atoms in total. The summed E-state index contributed by atoms with van der Waals surface area (Å²) < 4.78 is 16.9. The van der Waals surface area contributed by atoms with E-state index in [2.05, 4.69) is 0 Å². The summed E-state index contributed by atoms with van der Waals surface area (Å²) in [6, 6.07) is 22.8. The molecule has 0 radical (unpaired) electrons. The van der Waals surface area contributed by atoms with Crippen LogP contribution < -0.4 is 15.1 Å². The van der Waals surface area contributed by atoms with E-state index in [1.165, 1.54) is 0 Å². The Morgan fingerprint density at radius 2 is 1.68 bits per heavy atom. The van der Waals surface area contributed by atoms with Gasteiger partial charge in [0.2, 0.25) is 0 Å². The van der Waals surface area contributed by atoms with Crippen molar-refractivity contribution in [2.75, 3.05) is 7.11 Å². The van der Waals surface area contributed by atoms with Crippen molar-refractivity contribution >= 4 is 11.0 Å². The number of methoxy groups -OCH3 is 1. The monoisotopic (exact) mass is 372 g/mol. The van der Waals surface area contributed by atoms with Crippen molar-refractivity contribution in [1.29, 1.82) is 0 Å². The molecule has 0 aliphatic rings. The van der Waals surface area contributed by atoms with E-state index in [1.54, 1.807) is 13.2 Å². The topological polar surface area (TPSA) is 48.7 Å². The highest BCUT2D eigenvalue weighted by atomic mass is 16.5. The Balaban J connectivity index is 1.71. The Kier molecular flexibility index (Phi) is 4.85. The number of aryl methyl sites for hydroxylation is 1. The van der Waals surface area contributed by atoms with Crippen molar-refractivity contribution in [2.24, 2.45) is 0 Å². The van der Waals surface area contributed by atoms with Crippen molar-refractivity contribution in [2.45, 2.75) is 13.5 Å². The number of rotatable bonds is 5. The number of benzene rings is 3. The summed E-state index contributed by atoms with van der Waals surface area (Å²) in [5, 5.41) is 0.857. The molecule has 0 aliphatic carbocycles. The van der Waals surface area contributed by atoms with Crippen LogP contribution in [0.2, 0.25) is 0 Å². The maximum Gasteiger partial charge on any atom is 0.344 e. The molecule has 140 valence electrons. The molecule has 0 fully saturated rings. The van der Waals surface area contributed by atoms with Crippen LogP contribution in [0.3, 0.4) is 0 Å². The summed E-state index contributed by atoms with van der Waals surface area (Å²) in [5.74, 6) is 1.49. The molecule has 0 saturated carbocycles. The normalized spacial score (nSPS) is 10.8. The van der Waals surface area contributed by atoms with Crippen LogP contribution in [-0.4, -0.2) is 7.11 Å². The molecule has 1 heterocycles. The van der Waals surface area contributed by atoms with E-state index in [9.17, 15) is 4.79 Å². The predicted octanol–water partition coefficient (Wildman–Crippen LogP) is 5.36. The molecule has 0 amide bonds. The Hall–Kier alpha value is -3.53. The Morgan fingerprint density at radius 3 is 2.46 bits per heavy atom. The van der Waals surface area contributed by atoms with E-state index < -0.39 is 0 Å². The summed E-state index contributed by atoms with van der Waals surface area (Å²) in [4.78, 5) is 12.5. The van der Waals surface area contributed by atoms with E-state index in [1.807, 2.05) is 73.7 Å². The van der Waals surface area contributed by atoms with E-state index in [0.717, 1.165) is 27.8 Å². The summed E-state index contributed by atoms with van der Waals surface area (Å²) in [7, 11) is 1.64. The first-order chi connectivity index (χ1) is 13.7. The maximum atomic E-state index is 12.5. The maximum absolute atomic E-state index is 12.5. The van der Waals surface area contributed by atoms with Crippen molar-refractivity contribution in [3.05, 3.63) is 94.3 Å². The molecule has 0 N–H and O–H groups in total. The van der Waals surface area contributed by atoms with Crippen LogP contribution in [0.5, 0.6) is 11.5 Å². The molecule has 4 aromatic rings. The summed E-state index contributed by atoms with van der Waals surface area (Å²) in [6.45, 7) is 2.32.